The van der Waals surface area contributed by atoms with Gasteiger partial charge in [0.05, 0.1) is 41.1 Å². The van der Waals surface area contributed by atoms with Gasteiger partial charge in [0.2, 0.25) is 11.3 Å². The van der Waals surface area contributed by atoms with Crippen molar-refractivity contribution in [2.75, 3.05) is 40.4 Å². The van der Waals surface area contributed by atoms with Crippen LogP contribution < -0.4 is 24.3 Å². The Balaban J connectivity index is 1.44. The van der Waals surface area contributed by atoms with E-state index in [4.69, 9.17) is 28.7 Å². The fourth-order valence-electron chi connectivity index (χ4n) is 6.63. The van der Waals surface area contributed by atoms with E-state index in [-0.39, 0.29) is 6.61 Å². The molecule has 0 fully saturated rings. The zero-order chi connectivity index (χ0) is 35.8. The molecule has 1 heterocycles. The second-order valence-electron chi connectivity index (χ2n) is 12.0. The van der Waals surface area contributed by atoms with E-state index in [1.54, 1.807) is 28.4 Å². The molecule has 262 valence electrons. The summed E-state index contributed by atoms with van der Waals surface area (Å²) in [4.78, 5) is 22.1. The molecule has 9 heteroatoms. The van der Waals surface area contributed by atoms with E-state index >= 15 is 0 Å². The van der Waals surface area contributed by atoms with Gasteiger partial charge in [-0.3, -0.25) is 0 Å². The first-order chi connectivity index (χ1) is 24.9. The lowest BCUT2D eigenvalue weighted by Crippen LogP contribution is -2.44. The first-order valence-corrected chi connectivity index (χ1v) is 16.9. The quantitative estimate of drug-likeness (QED) is 0.119. The van der Waals surface area contributed by atoms with E-state index in [9.17, 15) is 4.79 Å². The highest BCUT2D eigenvalue weighted by Gasteiger charge is 2.57. The normalized spacial score (nSPS) is 16.6. The van der Waals surface area contributed by atoms with Crippen molar-refractivity contribution < 1.29 is 28.5 Å². The van der Waals surface area contributed by atoms with Crippen LogP contribution in [0, 0.1) is 0 Å². The fraction of sp³-hybridized carbons (Fsp3) is 0.238. The number of amidine groups is 1. The van der Waals surface area contributed by atoms with E-state index in [0.717, 1.165) is 39.3 Å². The predicted molar refractivity (Wildman–Crippen MR) is 199 cm³/mol. The van der Waals surface area contributed by atoms with Gasteiger partial charge in [0, 0.05) is 24.3 Å². The van der Waals surface area contributed by atoms with Gasteiger partial charge in [0.1, 0.15) is 11.6 Å². The second-order valence-corrected chi connectivity index (χ2v) is 12.0. The van der Waals surface area contributed by atoms with Gasteiger partial charge in [-0.1, -0.05) is 72.8 Å². The molecule has 51 heavy (non-hydrogen) atoms. The van der Waals surface area contributed by atoms with Gasteiger partial charge in [0.15, 0.2) is 11.5 Å². The molecule has 0 unspecified atom stereocenters. The molecular weight excluding hydrogens is 642 g/mol. The van der Waals surface area contributed by atoms with Crippen molar-refractivity contribution in [1.29, 1.82) is 0 Å². The summed E-state index contributed by atoms with van der Waals surface area (Å²) < 4.78 is 27.9. The molecule has 0 amide bonds. The molecule has 0 radical (unpaired) electrons. The van der Waals surface area contributed by atoms with Crippen molar-refractivity contribution in [2.24, 2.45) is 4.99 Å². The number of carbonyl (C=O) groups excluding carboxylic acids is 1. The van der Waals surface area contributed by atoms with E-state index in [2.05, 4.69) is 34.5 Å². The Morgan fingerprint density at radius 3 is 1.94 bits per heavy atom. The summed E-state index contributed by atoms with van der Waals surface area (Å²) in [6.07, 6.45) is 0. The molecule has 5 aromatic rings. The molecule has 6 rings (SSSR count). The maximum Gasteiger partial charge on any atom is 0.341 e. The number of aliphatic imine (C=N–C) groups is 1. The van der Waals surface area contributed by atoms with Gasteiger partial charge in [-0.15, -0.1) is 0 Å². The highest BCUT2D eigenvalue weighted by Crippen LogP contribution is 2.50. The highest BCUT2D eigenvalue weighted by molar-refractivity contribution is 6.04. The summed E-state index contributed by atoms with van der Waals surface area (Å²) in [5.74, 6) is 2.74. The molecule has 0 saturated carbocycles. The van der Waals surface area contributed by atoms with Crippen molar-refractivity contribution in [3.63, 3.8) is 0 Å². The lowest BCUT2D eigenvalue weighted by atomic mass is 9.79. The lowest BCUT2D eigenvalue weighted by Gasteiger charge is -2.37. The smallest absolute Gasteiger partial charge is 0.341 e. The molecule has 1 aliphatic rings. The number of carbonyl (C=O) groups is 1. The van der Waals surface area contributed by atoms with Crippen LogP contribution in [0.1, 0.15) is 40.8 Å². The van der Waals surface area contributed by atoms with Gasteiger partial charge in [-0.05, 0) is 77.7 Å². The zero-order valence-electron chi connectivity index (χ0n) is 29.6. The van der Waals surface area contributed by atoms with Crippen LogP contribution in [0.4, 0.5) is 5.69 Å². The minimum Gasteiger partial charge on any atom is -0.497 e. The third-order valence-electron chi connectivity index (χ3n) is 9.05. The van der Waals surface area contributed by atoms with Crippen LogP contribution in [-0.2, 0) is 28.2 Å². The Labute approximate surface area is 299 Å². The summed E-state index contributed by atoms with van der Waals surface area (Å²) in [6.45, 7) is 3.06. The first-order valence-electron chi connectivity index (χ1n) is 16.9. The first kappa shape index (κ1) is 34.9. The Kier molecular flexibility index (Phi) is 10.8. The highest BCUT2D eigenvalue weighted by atomic mass is 16.5. The standard InChI is InChI=1S/C42H43N3O6/c1-6-51-41(46)42(33-15-11-8-12-16-33)39(45(28-29-13-9-7-10-14-29)40(44-42)32-19-23-35(47-2)24-20-32)31-17-21-34(22-18-31)43-27-30-25-36(48-3)38(50-5)37(26-30)49-4/h7-26,39,43H,6,27-28H2,1-5H3/t39-,42-/m1/s1. The molecule has 2 atom stereocenters. The van der Waals surface area contributed by atoms with E-state index in [1.807, 2.05) is 104 Å². The molecule has 1 aliphatic heterocycles. The molecule has 9 nitrogen and oxygen atoms in total. The van der Waals surface area contributed by atoms with E-state index in [1.165, 1.54) is 0 Å². The number of esters is 1. The van der Waals surface area contributed by atoms with Crippen molar-refractivity contribution in [2.45, 2.75) is 31.6 Å². The fourth-order valence-corrected chi connectivity index (χ4v) is 6.63. The largest absolute Gasteiger partial charge is 0.497 e. The minimum absolute atomic E-state index is 0.218. The van der Waals surface area contributed by atoms with Crippen molar-refractivity contribution in [3.05, 3.63) is 149 Å². The molecule has 0 aromatic heterocycles. The van der Waals surface area contributed by atoms with Gasteiger partial charge < -0.3 is 33.9 Å². The van der Waals surface area contributed by atoms with Gasteiger partial charge in [-0.2, -0.15) is 0 Å². The summed E-state index contributed by atoms with van der Waals surface area (Å²) in [5, 5.41) is 3.51. The van der Waals surface area contributed by atoms with Crippen LogP contribution >= 0.6 is 0 Å². The van der Waals surface area contributed by atoms with Crippen LogP contribution in [0.15, 0.2) is 126 Å². The van der Waals surface area contributed by atoms with Crippen LogP contribution in [0.5, 0.6) is 23.0 Å². The van der Waals surface area contributed by atoms with Gasteiger partial charge in [-0.25, -0.2) is 9.79 Å². The minimum atomic E-state index is -1.40. The number of methoxy groups -OCH3 is 4. The SMILES string of the molecule is CCOC(=O)[C@]1(c2ccccc2)N=C(c2ccc(OC)cc2)N(Cc2ccccc2)[C@@H]1c1ccc(NCc2cc(OC)c(OC)c(OC)c2)cc1. The Hall–Kier alpha value is -5.96. The van der Waals surface area contributed by atoms with Crippen LogP contribution in [0.25, 0.3) is 0 Å². The Morgan fingerprint density at radius 2 is 1.37 bits per heavy atom. The number of nitrogens with one attached hydrogen (secondary N) is 1. The third-order valence-corrected chi connectivity index (χ3v) is 9.05. The Morgan fingerprint density at radius 1 is 0.745 bits per heavy atom. The molecule has 1 N–H and O–H groups in total. The lowest BCUT2D eigenvalue weighted by molar-refractivity contribution is -0.151. The van der Waals surface area contributed by atoms with E-state index < -0.39 is 17.6 Å². The second kappa shape index (κ2) is 15.7. The van der Waals surface area contributed by atoms with Crippen LogP contribution in [0.3, 0.4) is 0 Å². The maximum atomic E-state index is 14.5. The number of anilines is 1. The maximum absolute atomic E-state index is 14.5. The van der Waals surface area contributed by atoms with E-state index in [0.29, 0.717) is 36.2 Å². The summed E-state index contributed by atoms with van der Waals surface area (Å²) in [7, 11) is 6.44. The zero-order valence-corrected chi connectivity index (χ0v) is 29.6. The van der Waals surface area contributed by atoms with Crippen molar-refractivity contribution in [1.82, 2.24) is 4.90 Å². The number of hydrogen-bond donors (Lipinski definition) is 1. The predicted octanol–water partition coefficient (Wildman–Crippen LogP) is 7.80. The molecule has 0 aliphatic carbocycles. The third kappa shape index (κ3) is 7.05. The molecular formula is C42H43N3O6. The summed E-state index contributed by atoms with van der Waals surface area (Å²) in [6, 6.07) is 39.2. The van der Waals surface area contributed by atoms with Crippen LogP contribution in [-0.4, -0.2) is 51.8 Å². The monoisotopic (exact) mass is 685 g/mol. The summed E-state index contributed by atoms with van der Waals surface area (Å²) >= 11 is 0. The number of benzene rings is 5. The average Bonchev–Trinajstić information content (AvgIpc) is 3.53. The van der Waals surface area contributed by atoms with Crippen LogP contribution in [0.2, 0.25) is 0 Å². The molecule has 5 aromatic carbocycles. The number of hydrogen-bond acceptors (Lipinski definition) is 9. The average molecular weight is 686 g/mol. The summed E-state index contributed by atoms with van der Waals surface area (Å²) in [5.41, 5.74) is 4.07. The topological polar surface area (TPSA) is 90.9 Å². The van der Waals surface area contributed by atoms with Gasteiger partial charge >= 0.3 is 5.97 Å². The molecule has 0 spiro atoms. The van der Waals surface area contributed by atoms with Crippen molar-refractivity contribution >= 4 is 17.5 Å². The Bertz CT molecular complexity index is 1920. The molecule has 0 saturated heterocycles. The van der Waals surface area contributed by atoms with Gasteiger partial charge in [0.25, 0.3) is 0 Å². The molecule has 0 bridgehead atoms. The van der Waals surface area contributed by atoms with Crippen molar-refractivity contribution in [3.8, 4) is 23.0 Å². The number of rotatable bonds is 14. The number of ether oxygens (including phenoxy) is 5. The number of nitrogens with zero attached hydrogens (tertiary/aromatic N) is 2.